The monoisotopic (exact) mass is 762 g/mol. The zero-order chi connectivity index (χ0) is 39.5. The first-order valence-corrected chi connectivity index (χ1v) is 19.5. The standard InChI is InChI=1S/C42H50N8O6/c1-41(2,47-39(53)55-5)37(51)49-29-17-15-27(19-29)33(49)35-43-21-31(45-35)25-11-7-23(8-12-25)24-9-13-26(14-10-24)32-22-44-36(46-32)34-28-16-18-30(20-28)50(34)38(52)42(3,4)48-40(54)56-6/h7-14,21-22,27-30,33-34H,15-20H2,1-6H3,(H,43,45)(H,44,46)(H,47,53)(H,48,54)/t27-,28-,29-,30-,33+,34+/m1/s1. The number of rotatable bonds is 9. The Kier molecular flexibility index (Phi) is 9.40. The lowest BCUT2D eigenvalue weighted by molar-refractivity contribution is -0.142. The number of imidazole rings is 2. The van der Waals surface area contributed by atoms with Gasteiger partial charge in [0.1, 0.15) is 22.7 Å². The highest BCUT2D eigenvalue weighted by atomic mass is 16.5. The second kappa shape index (κ2) is 14.1. The van der Waals surface area contributed by atoms with Gasteiger partial charge in [-0.25, -0.2) is 19.6 Å². The molecule has 0 unspecified atom stereocenters. The summed E-state index contributed by atoms with van der Waals surface area (Å²) in [5.74, 6) is 1.85. The van der Waals surface area contributed by atoms with E-state index in [0.717, 1.165) is 83.8 Å². The lowest BCUT2D eigenvalue weighted by Crippen LogP contribution is -2.58. The fourth-order valence-corrected chi connectivity index (χ4v) is 9.58. The molecule has 2 aliphatic heterocycles. The van der Waals surface area contributed by atoms with Crippen molar-refractivity contribution in [3.8, 4) is 33.6 Å². The molecule has 14 nitrogen and oxygen atoms in total. The number of aromatic nitrogens is 4. The second-order valence-electron chi connectivity index (χ2n) is 16.8. The molecule has 6 atom stereocenters. The van der Waals surface area contributed by atoms with Crippen LogP contribution in [0.1, 0.15) is 90.0 Å². The first-order chi connectivity index (χ1) is 26.8. The van der Waals surface area contributed by atoms with Gasteiger partial charge in [0.25, 0.3) is 0 Å². The highest BCUT2D eigenvalue weighted by molar-refractivity contribution is 5.91. The zero-order valence-electron chi connectivity index (χ0n) is 32.7. The number of likely N-dealkylation sites (tertiary alicyclic amines) is 2. The van der Waals surface area contributed by atoms with E-state index < -0.39 is 23.3 Å². The number of fused-ring (bicyclic) bond motifs is 4. The lowest BCUT2D eigenvalue weighted by Gasteiger charge is -2.39. The van der Waals surface area contributed by atoms with Crippen molar-refractivity contribution in [1.82, 2.24) is 40.4 Å². The number of aromatic amines is 2. The van der Waals surface area contributed by atoms with Crippen molar-refractivity contribution in [2.45, 2.75) is 101 Å². The molecule has 4 aliphatic rings. The molecule has 2 aliphatic carbocycles. The van der Waals surface area contributed by atoms with E-state index in [0.29, 0.717) is 11.8 Å². The number of H-pyrrole nitrogens is 2. The van der Waals surface area contributed by atoms with Gasteiger partial charge in [0, 0.05) is 12.1 Å². The number of carbonyl (C=O) groups is 4. The van der Waals surface area contributed by atoms with E-state index >= 15 is 0 Å². The Hall–Kier alpha value is -5.66. The Morgan fingerprint density at radius 1 is 0.607 bits per heavy atom. The van der Waals surface area contributed by atoms with E-state index in [1.165, 1.54) is 14.2 Å². The summed E-state index contributed by atoms with van der Waals surface area (Å²) >= 11 is 0. The minimum atomic E-state index is -1.12. The van der Waals surface area contributed by atoms with E-state index in [1.54, 1.807) is 27.7 Å². The van der Waals surface area contributed by atoms with Crippen molar-refractivity contribution in [2.24, 2.45) is 11.8 Å². The number of hydrogen-bond acceptors (Lipinski definition) is 8. The summed E-state index contributed by atoms with van der Waals surface area (Å²) in [5, 5.41) is 5.39. The predicted molar refractivity (Wildman–Crippen MR) is 208 cm³/mol. The number of nitrogens with zero attached hydrogens (tertiary/aromatic N) is 4. The smallest absolute Gasteiger partial charge is 0.407 e. The molecule has 4 N–H and O–H groups in total. The SMILES string of the molecule is COC(=O)NC(C)(C)C(=O)N1[C@@H]2CC[C@H](C2)[C@H]1c1ncc(-c2ccc(-c3ccc(-c4cnc([C@@H]5[C@@H]6CC[C@H](C6)N5C(=O)C(C)(C)NC(=O)OC)[nH]4)cc3)cc2)[nH]1. The number of amides is 4. The fraction of sp³-hybridized carbons (Fsp3) is 0.476. The summed E-state index contributed by atoms with van der Waals surface area (Å²) < 4.78 is 9.54. The fourth-order valence-electron chi connectivity index (χ4n) is 9.58. The summed E-state index contributed by atoms with van der Waals surface area (Å²) in [6.45, 7) is 6.83. The van der Waals surface area contributed by atoms with E-state index in [1.807, 2.05) is 22.2 Å². The molecule has 2 saturated heterocycles. The minimum absolute atomic E-state index is 0.116. The number of benzene rings is 2. The van der Waals surface area contributed by atoms with Gasteiger partial charge < -0.3 is 39.9 Å². The van der Waals surface area contributed by atoms with Crippen LogP contribution in [0, 0.1) is 11.8 Å². The molecule has 2 aromatic carbocycles. The molecule has 2 aromatic heterocycles. The highest BCUT2D eigenvalue weighted by Gasteiger charge is 2.54. The average molecular weight is 763 g/mol. The van der Waals surface area contributed by atoms with Crippen LogP contribution in [0.3, 0.4) is 0 Å². The topological polar surface area (TPSA) is 175 Å². The van der Waals surface area contributed by atoms with E-state index in [4.69, 9.17) is 19.4 Å². The molecule has 56 heavy (non-hydrogen) atoms. The van der Waals surface area contributed by atoms with Crippen LogP contribution in [0.4, 0.5) is 9.59 Å². The van der Waals surface area contributed by atoms with Crippen molar-refractivity contribution in [1.29, 1.82) is 0 Å². The van der Waals surface area contributed by atoms with Crippen LogP contribution in [-0.4, -0.2) is 91.1 Å². The van der Waals surface area contributed by atoms with Crippen LogP contribution in [0.25, 0.3) is 33.6 Å². The molecule has 4 bridgehead atoms. The normalized spacial score (nSPS) is 24.0. The highest BCUT2D eigenvalue weighted by Crippen LogP contribution is 2.52. The van der Waals surface area contributed by atoms with Crippen LogP contribution in [0.15, 0.2) is 60.9 Å². The minimum Gasteiger partial charge on any atom is -0.453 e. The van der Waals surface area contributed by atoms with Crippen molar-refractivity contribution in [2.75, 3.05) is 14.2 Å². The number of hydrogen-bond donors (Lipinski definition) is 4. The average Bonchev–Trinajstić information content (AvgIpc) is 4.06. The van der Waals surface area contributed by atoms with Crippen molar-refractivity contribution in [3.05, 3.63) is 72.6 Å². The van der Waals surface area contributed by atoms with Gasteiger partial charge in [-0.05, 0) is 100 Å². The Bertz CT molecular complexity index is 1990. The molecule has 14 heteroatoms. The van der Waals surface area contributed by atoms with Crippen LogP contribution in [0.2, 0.25) is 0 Å². The summed E-state index contributed by atoms with van der Waals surface area (Å²) in [5.41, 5.74) is 3.61. The molecule has 4 heterocycles. The van der Waals surface area contributed by atoms with Crippen LogP contribution >= 0.6 is 0 Å². The maximum Gasteiger partial charge on any atom is 0.407 e. The summed E-state index contributed by atoms with van der Waals surface area (Å²) in [6, 6.07) is 16.5. The zero-order valence-corrected chi connectivity index (χ0v) is 32.7. The third kappa shape index (κ3) is 6.58. The van der Waals surface area contributed by atoms with E-state index in [9.17, 15) is 19.2 Å². The molecule has 4 aromatic rings. The lowest BCUT2D eigenvalue weighted by atomic mass is 9.95. The Balaban J connectivity index is 0.951. The third-order valence-corrected chi connectivity index (χ3v) is 12.4. The molecule has 294 valence electrons. The van der Waals surface area contributed by atoms with Gasteiger partial charge in [-0.2, -0.15) is 0 Å². The summed E-state index contributed by atoms with van der Waals surface area (Å²) in [7, 11) is 2.58. The second-order valence-corrected chi connectivity index (χ2v) is 16.8. The van der Waals surface area contributed by atoms with Gasteiger partial charge in [-0.3, -0.25) is 9.59 Å². The molecule has 0 spiro atoms. The number of methoxy groups -OCH3 is 2. The van der Waals surface area contributed by atoms with Gasteiger partial charge >= 0.3 is 12.2 Å². The maximum absolute atomic E-state index is 13.8. The summed E-state index contributed by atoms with van der Waals surface area (Å²) in [6.07, 6.45) is 8.19. The summed E-state index contributed by atoms with van der Waals surface area (Å²) in [4.78, 5) is 72.0. The largest absolute Gasteiger partial charge is 0.453 e. The maximum atomic E-state index is 13.8. The number of nitrogens with one attached hydrogen (secondary N) is 4. The van der Waals surface area contributed by atoms with Gasteiger partial charge in [0.15, 0.2) is 0 Å². The van der Waals surface area contributed by atoms with Crippen LogP contribution in [0.5, 0.6) is 0 Å². The first kappa shape index (κ1) is 37.3. The number of carbonyl (C=O) groups excluding carboxylic acids is 4. The molecule has 8 rings (SSSR count). The number of piperidine rings is 2. The molecule has 0 radical (unpaired) electrons. The first-order valence-electron chi connectivity index (χ1n) is 19.5. The van der Waals surface area contributed by atoms with Crippen molar-refractivity contribution in [3.63, 3.8) is 0 Å². The van der Waals surface area contributed by atoms with E-state index in [-0.39, 0.29) is 36.0 Å². The van der Waals surface area contributed by atoms with Gasteiger partial charge in [0.05, 0.1) is 50.1 Å². The molecular formula is C42H50N8O6. The molecule has 4 fully saturated rings. The van der Waals surface area contributed by atoms with Crippen molar-refractivity contribution >= 4 is 24.0 Å². The third-order valence-electron chi connectivity index (χ3n) is 12.4. The number of ether oxygens (including phenoxy) is 2. The Labute approximate surface area is 326 Å². The molecular weight excluding hydrogens is 713 g/mol. The van der Waals surface area contributed by atoms with Crippen LogP contribution in [-0.2, 0) is 19.1 Å². The van der Waals surface area contributed by atoms with Crippen LogP contribution < -0.4 is 10.6 Å². The van der Waals surface area contributed by atoms with Gasteiger partial charge in [-0.15, -0.1) is 0 Å². The number of alkyl carbamates (subject to hydrolysis) is 2. The molecule has 2 saturated carbocycles. The quantitative estimate of drug-likeness (QED) is 0.149. The van der Waals surface area contributed by atoms with Gasteiger partial charge in [-0.1, -0.05) is 48.5 Å². The van der Waals surface area contributed by atoms with E-state index in [2.05, 4.69) is 69.1 Å². The van der Waals surface area contributed by atoms with Gasteiger partial charge in [0.2, 0.25) is 11.8 Å². The Morgan fingerprint density at radius 2 is 0.964 bits per heavy atom. The van der Waals surface area contributed by atoms with Crippen molar-refractivity contribution < 1.29 is 28.7 Å². The molecule has 4 amide bonds. The Morgan fingerprint density at radius 3 is 1.32 bits per heavy atom. The predicted octanol–water partition coefficient (Wildman–Crippen LogP) is 6.51.